The third-order valence-corrected chi connectivity index (χ3v) is 2.52. The Labute approximate surface area is 84.6 Å². The van der Waals surface area contributed by atoms with Gasteiger partial charge in [0.05, 0.1) is 0 Å². The molecule has 84 valence electrons. The monoisotopic (exact) mass is 236 g/mol. The Kier molecular flexibility index (Phi) is 3.08. The minimum absolute atomic E-state index is 0.206. The number of nitrogens with zero attached hydrogens (tertiary/aromatic N) is 1. The van der Waals surface area contributed by atoms with Gasteiger partial charge in [-0.05, 0) is 6.42 Å². The van der Waals surface area contributed by atoms with E-state index in [1.165, 1.54) is 0 Å². The van der Waals surface area contributed by atoms with Gasteiger partial charge in [0.2, 0.25) is 0 Å². The molecular formula is C7H9FN2O4S. The lowest BCUT2D eigenvalue weighted by Crippen LogP contribution is -2.32. The van der Waals surface area contributed by atoms with Crippen molar-refractivity contribution in [2.24, 2.45) is 0 Å². The zero-order valence-electron chi connectivity index (χ0n) is 7.86. The summed E-state index contributed by atoms with van der Waals surface area (Å²) in [6.07, 6.45) is 1.26. The second-order valence-corrected chi connectivity index (χ2v) is 4.20. The van der Waals surface area contributed by atoms with E-state index in [0.29, 0.717) is 12.6 Å². The van der Waals surface area contributed by atoms with Crippen LogP contribution in [0, 0.1) is 0 Å². The average molecular weight is 236 g/mol. The van der Waals surface area contributed by atoms with Gasteiger partial charge in [0.1, 0.15) is 0 Å². The number of hydrogen-bond acceptors (Lipinski definition) is 4. The number of aromatic amines is 1. The van der Waals surface area contributed by atoms with Crippen LogP contribution >= 0.6 is 0 Å². The summed E-state index contributed by atoms with van der Waals surface area (Å²) < 4.78 is 34.5. The molecule has 0 fully saturated rings. The van der Waals surface area contributed by atoms with Crippen LogP contribution in [0.5, 0.6) is 0 Å². The van der Waals surface area contributed by atoms with Crippen LogP contribution in [0.25, 0.3) is 0 Å². The summed E-state index contributed by atoms with van der Waals surface area (Å²) in [7, 11) is -5.09. The predicted molar refractivity (Wildman–Crippen MR) is 49.9 cm³/mol. The van der Waals surface area contributed by atoms with Crippen molar-refractivity contribution >= 4 is 10.2 Å². The molecule has 0 atom stereocenters. The van der Waals surface area contributed by atoms with E-state index in [0.717, 1.165) is 4.57 Å². The molecule has 0 unspecified atom stereocenters. The Hall–Kier alpha value is -1.44. The molecule has 0 aliphatic heterocycles. The van der Waals surface area contributed by atoms with Crippen LogP contribution in [0.3, 0.4) is 0 Å². The lowest BCUT2D eigenvalue weighted by molar-refractivity contribution is 0.543. The Bertz CT molecular complexity index is 571. The van der Waals surface area contributed by atoms with E-state index in [4.69, 9.17) is 0 Å². The fourth-order valence-electron chi connectivity index (χ4n) is 1.07. The van der Waals surface area contributed by atoms with Crippen molar-refractivity contribution in [3.05, 3.63) is 27.0 Å². The highest BCUT2D eigenvalue weighted by Crippen LogP contribution is 2.03. The van der Waals surface area contributed by atoms with Crippen molar-refractivity contribution in [2.75, 3.05) is 0 Å². The molecular weight excluding hydrogens is 227 g/mol. The van der Waals surface area contributed by atoms with Crippen LogP contribution < -0.4 is 11.2 Å². The largest absolute Gasteiger partial charge is 0.339 e. The fraction of sp³-hybridized carbons (Fsp3) is 0.429. The highest BCUT2D eigenvalue weighted by atomic mass is 32.3. The molecule has 0 radical (unpaired) electrons. The molecule has 1 N–H and O–H groups in total. The van der Waals surface area contributed by atoms with E-state index in [2.05, 4.69) is 0 Å². The summed E-state index contributed by atoms with van der Waals surface area (Å²) >= 11 is 0. The van der Waals surface area contributed by atoms with Gasteiger partial charge in [-0.15, -0.1) is 3.89 Å². The summed E-state index contributed by atoms with van der Waals surface area (Å²) in [5, 5.41) is 0. The van der Waals surface area contributed by atoms with Crippen LogP contribution in [-0.2, 0) is 16.8 Å². The highest BCUT2D eigenvalue weighted by molar-refractivity contribution is 7.86. The molecule has 1 aromatic rings. The number of rotatable bonds is 3. The van der Waals surface area contributed by atoms with Gasteiger partial charge in [-0.25, -0.2) is 4.79 Å². The van der Waals surface area contributed by atoms with Gasteiger partial charge in [-0.1, -0.05) is 6.92 Å². The summed E-state index contributed by atoms with van der Waals surface area (Å²) in [5.74, 6) is 0. The van der Waals surface area contributed by atoms with E-state index in [1.807, 2.05) is 0 Å². The number of aryl methyl sites for hydroxylation is 1. The van der Waals surface area contributed by atoms with Gasteiger partial charge >= 0.3 is 15.9 Å². The van der Waals surface area contributed by atoms with Crippen molar-refractivity contribution in [3.8, 4) is 0 Å². The second kappa shape index (κ2) is 3.97. The Morgan fingerprint density at radius 3 is 2.53 bits per heavy atom. The Morgan fingerprint density at radius 1 is 1.47 bits per heavy atom. The lowest BCUT2D eigenvalue weighted by atomic mass is 10.5. The van der Waals surface area contributed by atoms with Crippen molar-refractivity contribution in [3.63, 3.8) is 0 Å². The van der Waals surface area contributed by atoms with Crippen molar-refractivity contribution in [2.45, 2.75) is 24.8 Å². The number of nitrogens with one attached hydrogen (secondary N) is 1. The molecule has 0 saturated heterocycles. The predicted octanol–water partition coefficient (Wildman–Crippen LogP) is -0.395. The molecule has 0 bridgehead atoms. The third-order valence-electron chi connectivity index (χ3n) is 1.71. The van der Waals surface area contributed by atoms with Crippen LogP contribution in [0.2, 0.25) is 0 Å². The van der Waals surface area contributed by atoms with E-state index >= 15 is 0 Å². The first kappa shape index (κ1) is 11.6. The number of halogens is 1. The molecule has 8 heteroatoms. The van der Waals surface area contributed by atoms with Gasteiger partial charge in [0.25, 0.3) is 5.56 Å². The van der Waals surface area contributed by atoms with E-state index < -0.39 is 26.4 Å². The van der Waals surface area contributed by atoms with E-state index in [9.17, 15) is 21.9 Å². The average Bonchev–Trinajstić information content (AvgIpc) is 2.07. The van der Waals surface area contributed by atoms with Gasteiger partial charge < -0.3 is 0 Å². The molecule has 0 amide bonds. The maximum Gasteiger partial charge on any atom is 0.339 e. The van der Waals surface area contributed by atoms with E-state index in [1.54, 1.807) is 11.9 Å². The minimum atomic E-state index is -5.09. The summed E-state index contributed by atoms with van der Waals surface area (Å²) in [5.41, 5.74) is -2.00. The molecule has 0 spiro atoms. The highest BCUT2D eigenvalue weighted by Gasteiger charge is 2.18. The first-order valence-corrected chi connectivity index (χ1v) is 5.53. The second-order valence-electron chi connectivity index (χ2n) is 2.88. The third kappa shape index (κ3) is 2.52. The molecule has 1 heterocycles. The molecule has 0 aliphatic rings. The van der Waals surface area contributed by atoms with Gasteiger partial charge in [-0.2, -0.15) is 8.42 Å². The number of H-pyrrole nitrogens is 1. The minimum Gasteiger partial charge on any atom is -0.299 e. The van der Waals surface area contributed by atoms with Gasteiger partial charge in [-0.3, -0.25) is 14.3 Å². The maximum absolute atomic E-state index is 12.6. The molecule has 0 saturated carbocycles. The van der Waals surface area contributed by atoms with Crippen LogP contribution in [0.15, 0.2) is 20.7 Å². The smallest absolute Gasteiger partial charge is 0.299 e. The zero-order chi connectivity index (χ0) is 11.6. The first-order valence-electron chi connectivity index (χ1n) is 4.14. The first-order chi connectivity index (χ1) is 6.86. The quantitative estimate of drug-likeness (QED) is 0.723. The number of hydrogen-bond donors (Lipinski definition) is 1. The van der Waals surface area contributed by atoms with Gasteiger partial charge in [0, 0.05) is 12.7 Å². The number of aromatic nitrogens is 2. The van der Waals surface area contributed by atoms with Crippen molar-refractivity contribution < 1.29 is 12.3 Å². The lowest BCUT2D eigenvalue weighted by Gasteiger charge is -2.02. The molecule has 0 aliphatic carbocycles. The van der Waals surface area contributed by atoms with Crippen LogP contribution in [-0.4, -0.2) is 18.0 Å². The summed E-state index contributed by atoms with van der Waals surface area (Å²) in [6, 6.07) is 0. The molecule has 1 aromatic heterocycles. The fourth-order valence-corrected chi connectivity index (χ4v) is 1.60. The Morgan fingerprint density at radius 2 is 2.07 bits per heavy atom. The maximum atomic E-state index is 12.6. The SMILES string of the molecule is CCCn1cc(S(=O)(=O)F)c(=O)[nH]c1=O. The zero-order valence-corrected chi connectivity index (χ0v) is 8.67. The van der Waals surface area contributed by atoms with Gasteiger partial charge in [0.15, 0.2) is 4.90 Å². The van der Waals surface area contributed by atoms with Crippen molar-refractivity contribution in [1.82, 2.24) is 9.55 Å². The molecule has 1 rings (SSSR count). The Balaban J connectivity index is 3.51. The normalized spacial score (nSPS) is 11.6. The summed E-state index contributed by atoms with van der Waals surface area (Å²) in [4.78, 5) is 22.7. The molecule has 0 aromatic carbocycles. The van der Waals surface area contributed by atoms with E-state index in [-0.39, 0.29) is 6.54 Å². The van der Waals surface area contributed by atoms with Crippen LogP contribution in [0.1, 0.15) is 13.3 Å². The standard InChI is InChI=1S/C7H9FN2O4S/c1-2-3-10-4-5(15(8,13)14)6(11)9-7(10)12/h4H,2-3H2,1H3,(H,9,11,12). The molecule has 15 heavy (non-hydrogen) atoms. The topological polar surface area (TPSA) is 89.0 Å². The van der Waals surface area contributed by atoms with Crippen LogP contribution in [0.4, 0.5) is 3.89 Å². The molecule has 6 nitrogen and oxygen atoms in total. The summed E-state index contributed by atoms with van der Waals surface area (Å²) in [6.45, 7) is 1.96. The van der Waals surface area contributed by atoms with Crippen molar-refractivity contribution in [1.29, 1.82) is 0 Å².